The first kappa shape index (κ1) is 21.8. The molecule has 4 aromatic rings. The summed E-state index contributed by atoms with van der Waals surface area (Å²) in [5.74, 6) is 0.329. The fraction of sp³-hybridized carbons (Fsp3) is 0.0714. The van der Waals surface area contributed by atoms with Gasteiger partial charge in [0.2, 0.25) is 0 Å². The van der Waals surface area contributed by atoms with Gasteiger partial charge in [-0.1, -0.05) is 60.7 Å². The predicted molar refractivity (Wildman–Crippen MR) is 124 cm³/mol. The van der Waals surface area contributed by atoms with E-state index in [1.807, 2.05) is 60.7 Å². The van der Waals surface area contributed by atoms with Crippen LogP contribution >= 0.6 is 0 Å². The molecule has 5 heteroatoms. The van der Waals surface area contributed by atoms with Crippen molar-refractivity contribution in [3.8, 4) is 11.5 Å². The van der Waals surface area contributed by atoms with Crippen LogP contribution in [0.1, 0.15) is 31.8 Å². The number of esters is 2. The standard InChI is InChI=1S/C28H22O5/c29-27(31-19-21-7-3-1-4-8-21)23-11-15-25(16-12-23)33-26-17-13-24(14-18-26)28(30)32-20-22-9-5-2-6-10-22/h1-18H,19-20H2. The molecule has 5 nitrogen and oxygen atoms in total. The zero-order valence-electron chi connectivity index (χ0n) is 17.8. The van der Waals surface area contributed by atoms with Gasteiger partial charge in [-0.2, -0.15) is 0 Å². The zero-order valence-corrected chi connectivity index (χ0v) is 17.8. The van der Waals surface area contributed by atoms with E-state index in [-0.39, 0.29) is 13.2 Å². The fourth-order valence-corrected chi connectivity index (χ4v) is 3.07. The molecule has 4 aromatic carbocycles. The monoisotopic (exact) mass is 438 g/mol. The maximum Gasteiger partial charge on any atom is 0.338 e. The lowest BCUT2D eigenvalue weighted by atomic mass is 10.2. The van der Waals surface area contributed by atoms with Crippen molar-refractivity contribution in [1.29, 1.82) is 0 Å². The summed E-state index contributed by atoms with van der Waals surface area (Å²) in [6, 6.07) is 32.4. The Morgan fingerprint density at radius 1 is 0.485 bits per heavy atom. The van der Waals surface area contributed by atoms with Crippen molar-refractivity contribution in [2.24, 2.45) is 0 Å². The SMILES string of the molecule is O=C(OCc1ccccc1)c1ccc(Oc2ccc(C(=O)OCc3ccccc3)cc2)cc1. The number of rotatable bonds is 8. The lowest BCUT2D eigenvalue weighted by molar-refractivity contribution is 0.0464. The van der Waals surface area contributed by atoms with Crippen LogP contribution in [0.2, 0.25) is 0 Å². The number of benzene rings is 4. The molecule has 0 aromatic heterocycles. The average molecular weight is 438 g/mol. The lowest BCUT2D eigenvalue weighted by Gasteiger charge is -2.09. The highest BCUT2D eigenvalue weighted by molar-refractivity contribution is 5.90. The van der Waals surface area contributed by atoms with E-state index < -0.39 is 11.9 Å². The smallest absolute Gasteiger partial charge is 0.338 e. The fourth-order valence-electron chi connectivity index (χ4n) is 3.07. The second kappa shape index (κ2) is 10.8. The zero-order chi connectivity index (χ0) is 22.9. The maximum absolute atomic E-state index is 12.2. The molecule has 0 aliphatic carbocycles. The quantitative estimate of drug-likeness (QED) is 0.307. The van der Waals surface area contributed by atoms with Gasteiger partial charge >= 0.3 is 11.9 Å². The largest absolute Gasteiger partial charge is 0.457 e. The number of hydrogen-bond acceptors (Lipinski definition) is 5. The van der Waals surface area contributed by atoms with Crippen molar-refractivity contribution in [3.05, 3.63) is 131 Å². The van der Waals surface area contributed by atoms with Gasteiger partial charge in [0.1, 0.15) is 24.7 Å². The van der Waals surface area contributed by atoms with Crippen molar-refractivity contribution < 1.29 is 23.8 Å². The van der Waals surface area contributed by atoms with Gasteiger partial charge < -0.3 is 14.2 Å². The summed E-state index contributed by atoms with van der Waals surface area (Å²) in [4.78, 5) is 24.5. The molecule has 164 valence electrons. The lowest BCUT2D eigenvalue weighted by Crippen LogP contribution is -2.05. The van der Waals surface area contributed by atoms with E-state index in [0.29, 0.717) is 22.6 Å². The first-order valence-electron chi connectivity index (χ1n) is 10.5. The Labute approximate surface area is 192 Å². The highest BCUT2D eigenvalue weighted by Crippen LogP contribution is 2.23. The molecule has 0 saturated heterocycles. The topological polar surface area (TPSA) is 61.8 Å². The first-order chi connectivity index (χ1) is 16.2. The number of carbonyl (C=O) groups excluding carboxylic acids is 2. The molecule has 0 aliphatic heterocycles. The van der Waals surface area contributed by atoms with Crippen LogP contribution in [0.4, 0.5) is 0 Å². The molecule has 0 bridgehead atoms. The summed E-state index contributed by atoms with van der Waals surface area (Å²) < 4.78 is 16.5. The molecule has 0 heterocycles. The molecule has 0 aliphatic rings. The van der Waals surface area contributed by atoms with Crippen LogP contribution in [0.25, 0.3) is 0 Å². The molecule has 0 unspecified atom stereocenters. The van der Waals surface area contributed by atoms with E-state index in [1.54, 1.807) is 48.5 Å². The van der Waals surface area contributed by atoms with Gasteiger partial charge in [0.15, 0.2) is 0 Å². The summed E-state index contributed by atoms with van der Waals surface area (Å²) in [6.45, 7) is 0.441. The molecular formula is C28H22O5. The first-order valence-corrected chi connectivity index (χ1v) is 10.5. The summed E-state index contributed by atoms with van der Waals surface area (Å²) in [7, 11) is 0. The molecule has 0 saturated carbocycles. The average Bonchev–Trinajstić information content (AvgIpc) is 2.88. The van der Waals surface area contributed by atoms with Gasteiger partial charge in [-0.05, 0) is 59.7 Å². The second-order valence-corrected chi connectivity index (χ2v) is 7.27. The summed E-state index contributed by atoms with van der Waals surface area (Å²) >= 11 is 0. The summed E-state index contributed by atoms with van der Waals surface area (Å²) in [5, 5.41) is 0. The van der Waals surface area contributed by atoms with Crippen LogP contribution in [-0.2, 0) is 22.7 Å². The van der Waals surface area contributed by atoms with Crippen LogP contribution in [0, 0.1) is 0 Å². The Kier molecular flexibility index (Phi) is 7.13. The Morgan fingerprint density at radius 2 is 0.848 bits per heavy atom. The van der Waals surface area contributed by atoms with Crippen LogP contribution in [0.15, 0.2) is 109 Å². The van der Waals surface area contributed by atoms with E-state index in [0.717, 1.165) is 11.1 Å². The van der Waals surface area contributed by atoms with Crippen LogP contribution in [0.5, 0.6) is 11.5 Å². The molecule has 0 atom stereocenters. The van der Waals surface area contributed by atoms with Gasteiger partial charge in [0.25, 0.3) is 0 Å². The predicted octanol–water partition coefficient (Wildman–Crippen LogP) is 6.19. The van der Waals surface area contributed by atoms with Gasteiger partial charge in [-0.3, -0.25) is 0 Å². The van der Waals surface area contributed by atoms with Gasteiger partial charge in [-0.25, -0.2) is 9.59 Å². The summed E-state index contributed by atoms with van der Waals surface area (Å²) in [6.07, 6.45) is 0. The van der Waals surface area contributed by atoms with Crippen molar-refractivity contribution >= 4 is 11.9 Å². The Balaban J connectivity index is 1.28. The van der Waals surface area contributed by atoms with Crippen molar-refractivity contribution in [2.45, 2.75) is 13.2 Å². The van der Waals surface area contributed by atoms with E-state index in [4.69, 9.17) is 14.2 Å². The second-order valence-electron chi connectivity index (χ2n) is 7.27. The molecule has 0 N–H and O–H groups in total. The molecule has 4 rings (SSSR count). The van der Waals surface area contributed by atoms with E-state index in [1.165, 1.54) is 0 Å². The van der Waals surface area contributed by atoms with E-state index in [9.17, 15) is 9.59 Å². The minimum atomic E-state index is -0.399. The number of carbonyl (C=O) groups is 2. The molecule has 0 fully saturated rings. The summed E-state index contributed by atoms with van der Waals surface area (Å²) in [5.41, 5.74) is 2.74. The van der Waals surface area contributed by atoms with Crippen molar-refractivity contribution in [1.82, 2.24) is 0 Å². The van der Waals surface area contributed by atoms with E-state index >= 15 is 0 Å². The Bertz CT molecular complexity index is 1090. The third kappa shape index (κ3) is 6.31. The van der Waals surface area contributed by atoms with E-state index in [2.05, 4.69) is 0 Å². The van der Waals surface area contributed by atoms with Crippen LogP contribution in [-0.4, -0.2) is 11.9 Å². The molecule has 0 amide bonds. The van der Waals surface area contributed by atoms with Gasteiger partial charge in [0.05, 0.1) is 11.1 Å². The van der Waals surface area contributed by atoms with Crippen molar-refractivity contribution in [2.75, 3.05) is 0 Å². The third-order valence-corrected chi connectivity index (χ3v) is 4.84. The normalized spacial score (nSPS) is 10.3. The van der Waals surface area contributed by atoms with Gasteiger partial charge in [0, 0.05) is 0 Å². The third-order valence-electron chi connectivity index (χ3n) is 4.84. The number of hydrogen-bond donors (Lipinski definition) is 0. The number of ether oxygens (including phenoxy) is 3. The van der Waals surface area contributed by atoms with Crippen molar-refractivity contribution in [3.63, 3.8) is 0 Å². The molecule has 0 radical (unpaired) electrons. The Morgan fingerprint density at radius 3 is 1.21 bits per heavy atom. The highest BCUT2D eigenvalue weighted by atomic mass is 16.5. The molecular weight excluding hydrogens is 416 g/mol. The Hall–Kier alpha value is -4.38. The molecule has 33 heavy (non-hydrogen) atoms. The maximum atomic E-state index is 12.2. The van der Waals surface area contributed by atoms with Gasteiger partial charge in [-0.15, -0.1) is 0 Å². The minimum absolute atomic E-state index is 0.220. The minimum Gasteiger partial charge on any atom is -0.457 e. The van der Waals surface area contributed by atoms with Crippen LogP contribution in [0.3, 0.4) is 0 Å². The highest BCUT2D eigenvalue weighted by Gasteiger charge is 2.10. The molecule has 0 spiro atoms. The van der Waals surface area contributed by atoms with Crippen LogP contribution < -0.4 is 4.74 Å².